The largest absolute Gasteiger partial charge is 0.320 e. The second kappa shape index (κ2) is 4.40. The van der Waals surface area contributed by atoms with Crippen molar-refractivity contribution >= 4 is 5.52 Å². The average molecular weight is 260 g/mol. The van der Waals surface area contributed by atoms with E-state index in [9.17, 15) is 8.78 Å². The molecule has 1 aromatic carbocycles. The van der Waals surface area contributed by atoms with Crippen molar-refractivity contribution in [1.29, 1.82) is 0 Å². The van der Waals surface area contributed by atoms with Gasteiger partial charge in [0.25, 0.3) is 0 Å². The van der Waals surface area contributed by atoms with Crippen molar-refractivity contribution in [3.8, 4) is 0 Å². The summed E-state index contributed by atoms with van der Waals surface area (Å²) < 4.78 is 28.0. The Morgan fingerprint density at radius 1 is 1.11 bits per heavy atom. The van der Waals surface area contributed by atoms with E-state index in [1.165, 1.54) is 12.1 Å². The molecule has 6 heteroatoms. The lowest BCUT2D eigenvalue weighted by molar-refractivity contribution is 0.577. The number of nitrogens with zero attached hydrogens (tertiary/aromatic N) is 3. The Kier molecular flexibility index (Phi) is 2.72. The fraction of sp³-hybridized carbons (Fsp3) is 0.0769. The third kappa shape index (κ3) is 2.06. The molecule has 2 heterocycles. The fourth-order valence-corrected chi connectivity index (χ4v) is 2.03. The van der Waals surface area contributed by atoms with Crippen molar-refractivity contribution in [1.82, 2.24) is 14.6 Å². The van der Waals surface area contributed by atoms with Crippen LogP contribution in [0.15, 0.2) is 43.0 Å². The summed E-state index contributed by atoms with van der Waals surface area (Å²) in [4.78, 5) is 3.99. The molecule has 0 aliphatic carbocycles. The first-order chi connectivity index (χ1) is 9.15. The Morgan fingerprint density at radius 3 is 2.58 bits per heavy atom. The summed E-state index contributed by atoms with van der Waals surface area (Å²) in [6.07, 6.45) is 6.46. The zero-order valence-electron chi connectivity index (χ0n) is 9.79. The van der Waals surface area contributed by atoms with E-state index in [1.54, 1.807) is 29.3 Å². The maximum Gasteiger partial charge on any atom is 0.126 e. The average Bonchev–Trinajstić information content (AvgIpc) is 2.80. The quantitative estimate of drug-likeness (QED) is 0.767. The first-order valence-corrected chi connectivity index (χ1v) is 5.64. The molecule has 0 amide bonds. The van der Waals surface area contributed by atoms with E-state index in [1.807, 2.05) is 0 Å². The minimum atomic E-state index is -0.660. The number of rotatable bonds is 2. The Hall–Kier alpha value is -2.34. The number of hydrogen-bond donors (Lipinski definition) is 1. The van der Waals surface area contributed by atoms with Crippen molar-refractivity contribution in [2.45, 2.75) is 6.04 Å². The van der Waals surface area contributed by atoms with Crippen LogP contribution in [0.4, 0.5) is 8.78 Å². The number of benzene rings is 1. The van der Waals surface area contributed by atoms with Crippen molar-refractivity contribution in [2.75, 3.05) is 0 Å². The predicted molar refractivity (Wildman–Crippen MR) is 65.4 cm³/mol. The molecular formula is C13H10F2N4. The highest BCUT2D eigenvalue weighted by atomic mass is 19.1. The Labute approximate surface area is 107 Å². The van der Waals surface area contributed by atoms with Gasteiger partial charge in [0.05, 0.1) is 24.0 Å². The number of nitrogens with two attached hydrogens (primary N) is 1. The molecule has 19 heavy (non-hydrogen) atoms. The summed E-state index contributed by atoms with van der Waals surface area (Å²) in [6.45, 7) is 0. The Morgan fingerprint density at radius 2 is 1.84 bits per heavy atom. The minimum absolute atomic E-state index is 0.358. The molecule has 1 unspecified atom stereocenters. The number of halogens is 2. The van der Waals surface area contributed by atoms with Gasteiger partial charge in [-0.3, -0.25) is 4.98 Å². The van der Waals surface area contributed by atoms with Crippen LogP contribution in [-0.4, -0.2) is 14.6 Å². The molecule has 0 saturated heterocycles. The molecule has 0 aliphatic heterocycles. The van der Waals surface area contributed by atoms with E-state index in [0.717, 1.165) is 6.07 Å². The molecule has 96 valence electrons. The second-order valence-corrected chi connectivity index (χ2v) is 4.19. The highest BCUT2D eigenvalue weighted by Gasteiger charge is 2.16. The van der Waals surface area contributed by atoms with Crippen LogP contribution < -0.4 is 5.73 Å². The van der Waals surface area contributed by atoms with Crippen LogP contribution in [-0.2, 0) is 0 Å². The van der Waals surface area contributed by atoms with Gasteiger partial charge in [-0.05, 0) is 17.7 Å². The molecule has 3 aromatic rings. The van der Waals surface area contributed by atoms with Crippen molar-refractivity contribution < 1.29 is 8.78 Å². The van der Waals surface area contributed by atoms with Crippen molar-refractivity contribution in [2.24, 2.45) is 5.73 Å². The van der Waals surface area contributed by atoms with Crippen LogP contribution >= 0.6 is 0 Å². The maximum atomic E-state index is 13.2. The van der Waals surface area contributed by atoms with Gasteiger partial charge in [-0.1, -0.05) is 0 Å². The Bertz CT molecular complexity index is 718. The van der Waals surface area contributed by atoms with E-state index >= 15 is 0 Å². The van der Waals surface area contributed by atoms with E-state index in [2.05, 4.69) is 10.1 Å². The highest BCUT2D eigenvalue weighted by Crippen LogP contribution is 2.24. The van der Waals surface area contributed by atoms with Crippen molar-refractivity contribution in [3.63, 3.8) is 0 Å². The standard InChI is InChI=1S/C13H10F2N4/c14-9-3-8(4-10(15)5-9)13(16)11-6-18-19-2-1-17-7-12(11)19/h1-7,13H,16H2. The zero-order valence-corrected chi connectivity index (χ0v) is 9.79. The molecule has 4 nitrogen and oxygen atoms in total. The Balaban J connectivity index is 2.10. The molecule has 2 N–H and O–H groups in total. The van der Waals surface area contributed by atoms with Gasteiger partial charge in [0.1, 0.15) is 11.6 Å². The number of aromatic nitrogens is 3. The molecular weight excluding hydrogens is 250 g/mol. The lowest BCUT2D eigenvalue weighted by Crippen LogP contribution is -2.12. The van der Waals surface area contributed by atoms with Gasteiger partial charge >= 0.3 is 0 Å². The van der Waals surface area contributed by atoms with Crippen LogP contribution in [0.25, 0.3) is 5.52 Å². The molecule has 0 bridgehead atoms. The van der Waals surface area contributed by atoms with Gasteiger partial charge in [0.15, 0.2) is 0 Å². The van der Waals surface area contributed by atoms with E-state index in [0.29, 0.717) is 16.6 Å². The molecule has 2 aromatic heterocycles. The molecule has 0 saturated carbocycles. The fourth-order valence-electron chi connectivity index (χ4n) is 2.03. The number of fused-ring (bicyclic) bond motifs is 1. The smallest absolute Gasteiger partial charge is 0.126 e. The van der Waals surface area contributed by atoms with Crippen LogP contribution in [0.3, 0.4) is 0 Å². The first-order valence-electron chi connectivity index (χ1n) is 5.64. The van der Waals surface area contributed by atoms with E-state index in [4.69, 9.17) is 5.73 Å². The van der Waals surface area contributed by atoms with Crippen LogP contribution in [0, 0.1) is 11.6 Å². The van der Waals surface area contributed by atoms with Gasteiger partial charge in [0, 0.05) is 24.0 Å². The minimum Gasteiger partial charge on any atom is -0.320 e. The molecule has 0 aliphatic rings. The van der Waals surface area contributed by atoms with Gasteiger partial charge in [0.2, 0.25) is 0 Å². The van der Waals surface area contributed by atoms with Gasteiger partial charge in [-0.15, -0.1) is 0 Å². The zero-order chi connectivity index (χ0) is 13.4. The summed E-state index contributed by atoms with van der Waals surface area (Å²) >= 11 is 0. The SMILES string of the molecule is NC(c1cc(F)cc(F)c1)c1cnn2ccncc12. The summed E-state index contributed by atoms with van der Waals surface area (Å²) in [7, 11) is 0. The summed E-state index contributed by atoms with van der Waals surface area (Å²) in [5, 5.41) is 4.12. The second-order valence-electron chi connectivity index (χ2n) is 4.19. The predicted octanol–water partition coefficient (Wildman–Crippen LogP) is 2.06. The third-order valence-electron chi connectivity index (χ3n) is 2.93. The van der Waals surface area contributed by atoms with E-state index < -0.39 is 17.7 Å². The first kappa shape index (κ1) is 11.7. The van der Waals surface area contributed by atoms with Crippen LogP contribution in [0.2, 0.25) is 0 Å². The number of hydrogen-bond acceptors (Lipinski definition) is 3. The van der Waals surface area contributed by atoms with Gasteiger partial charge in [-0.25, -0.2) is 13.3 Å². The van der Waals surface area contributed by atoms with Crippen LogP contribution in [0.5, 0.6) is 0 Å². The lowest BCUT2D eigenvalue weighted by Gasteiger charge is -2.11. The monoisotopic (exact) mass is 260 g/mol. The molecule has 0 fully saturated rings. The van der Waals surface area contributed by atoms with Gasteiger partial charge < -0.3 is 5.73 Å². The highest BCUT2D eigenvalue weighted by molar-refractivity contribution is 5.55. The summed E-state index contributed by atoms with van der Waals surface area (Å²) in [6, 6.07) is 2.58. The third-order valence-corrected chi connectivity index (χ3v) is 2.93. The summed E-state index contributed by atoms with van der Waals surface area (Å²) in [5.41, 5.74) is 7.78. The lowest BCUT2D eigenvalue weighted by atomic mass is 10.0. The normalized spacial score (nSPS) is 12.8. The van der Waals surface area contributed by atoms with Gasteiger partial charge in [-0.2, -0.15) is 5.10 Å². The molecule has 3 rings (SSSR count). The maximum absolute atomic E-state index is 13.2. The van der Waals surface area contributed by atoms with Crippen LogP contribution in [0.1, 0.15) is 17.2 Å². The van der Waals surface area contributed by atoms with E-state index in [-0.39, 0.29) is 0 Å². The topological polar surface area (TPSA) is 56.2 Å². The molecule has 0 spiro atoms. The molecule has 1 atom stereocenters. The molecule has 0 radical (unpaired) electrons. The summed E-state index contributed by atoms with van der Waals surface area (Å²) in [5.74, 6) is -1.31. The van der Waals surface area contributed by atoms with Crippen molar-refractivity contribution in [3.05, 3.63) is 65.7 Å².